The lowest BCUT2D eigenvalue weighted by Crippen LogP contribution is -2.38. The third-order valence-corrected chi connectivity index (χ3v) is 5.47. The van der Waals surface area contributed by atoms with E-state index in [4.69, 9.17) is 9.47 Å². The standard InChI is InChI=1S/C23H27N3O4/c27-21(9-10-23(28)26-13-14-29-20-8-4-3-7-19(20)26)25-16-17-11-12-24-22(15-17)30-18-5-1-2-6-18/h3-4,7-8,11-12,15,18H,1-2,5-6,9-10,13-14,16H2,(H,25,27). The Kier molecular flexibility index (Phi) is 6.47. The number of para-hydroxylation sites is 2. The van der Waals surface area contributed by atoms with Crippen LogP contribution in [0.3, 0.4) is 0 Å². The maximum Gasteiger partial charge on any atom is 0.227 e. The van der Waals surface area contributed by atoms with Crippen molar-refractivity contribution in [2.24, 2.45) is 0 Å². The van der Waals surface area contributed by atoms with Crippen molar-refractivity contribution in [3.8, 4) is 11.6 Å². The average Bonchev–Trinajstić information content (AvgIpc) is 3.29. The van der Waals surface area contributed by atoms with Gasteiger partial charge in [-0.2, -0.15) is 0 Å². The van der Waals surface area contributed by atoms with Gasteiger partial charge in [0.05, 0.1) is 12.2 Å². The van der Waals surface area contributed by atoms with Crippen LogP contribution in [0.2, 0.25) is 0 Å². The van der Waals surface area contributed by atoms with Crippen LogP contribution < -0.4 is 19.7 Å². The van der Waals surface area contributed by atoms with Crippen molar-refractivity contribution < 1.29 is 19.1 Å². The van der Waals surface area contributed by atoms with Crippen LogP contribution in [0.15, 0.2) is 42.6 Å². The van der Waals surface area contributed by atoms with Gasteiger partial charge in [-0.1, -0.05) is 12.1 Å². The highest BCUT2D eigenvalue weighted by Gasteiger charge is 2.23. The molecule has 1 aliphatic carbocycles. The number of benzene rings is 1. The molecule has 7 nitrogen and oxygen atoms in total. The Bertz CT molecular complexity index is 896. The number of nitrogens with one attached hydrogen (secondary N) is 1. The predicted molar refractivity (Wildman–Crippen MR) is 112 cm³/mol. The highest BCUT2D eigenvalue weighted by atomic mass is 16.5. The number of hydrogen-bond acceptors (Lipinski definition) is 5. The van der Waals surface area contributed by atoms with Crippen LogP contribution in [0.25, 0.3) is 0 Å². The summed E-state index contributed by atoms with van der Waals surface area (Å²) in [5, 5.41) is 2.88. The third-order valence-electron chi connectivity index (χ3n) is 5.47. The zero-order valence-corrected chi connectivity index (χ0v) is 17.0. The Hall–Kier alpha value is -3.09. The van der Waals surface area contributed by atoms with Gasteiger partial charge in [0, 0.05) is 31.6 Å². The van der Waals surface area contributed by atoms with Crippen molar-refractivity contribution in [3.05, 3.63) is 48.2 Å². The minimum atomic E-state index is -0.153. The Morgan fingerprint density at radius 2 is 2.00 bits per heavy atom. The van der Waals surface area contributed by atoms with Crippen molar-refractivity contribution in [1.82, 2.24) is 10.3 Å². The zero-order valence-electron chi connectivity index (χ0n) is 17.0. The number of aromatic nitrogens is 1. The highest BCUT2D eigenvalue weighted by Crippen LogP contribution is 2.31. The normalized spacial score (nSPS) is 15.9. The van der Waals surface area contributed by atoms with Crippen molar-refractivity contribution >= 4 is 17.5 Å². The minimum Gasteiger partial charge on any atom is -0.490 e. The van der Waals surface area contributed by atoms with Crippen LogP contribution in [0, 0.1) is 0 Å². The number of hydrogen-bond donors (Lipinski definition) is 1. The lowest BCUT2D eigenvalue weighted by molar-refractivity contribution is -0.125. The number of rotatable bonds is 7. The van der Waals surface area contributed by atoms with E-state index in [-0.39, 0.29) is 30.8 Å². The lowest BCUT2D eigenvalue weighted by Gasteiger charge is -2.29. The number of nitrogens with zero attached hydrogens (tertiary/aromatic N) is 2. The fourth-order valence-electron chi connectivity index (χ4n) is 3.87. The Labute approximate surface area is 176 Å². The molecule has 158 valence electrons. The van der Waals surface area contributed by atoms with Gasteiger partial charge in [-0.3, -0.25) is 9.59 Å². The smallest absolute Gasteiger partial charge is 0.227 e. The second kappa shape index (κ2) is 9.61. The monoisotopic (exact) mass is 409 g/mol. The molecule has 0 saturated heterocycles. The van der Waals surface area contributed by atoms with Gasteiger partial charge in [-0.05, 0) is 49.4 Å². The van der Waals surface area contributed by atoms with Crippen LogP contribution in [0.5, 0.6) is 11.6 Å². The molecule has 0 spiro atoms. The molecular formula is C23H27N3O4. The number of pyridine rings is 1. The molecule has 2 aliphatic rings. The third kappa shape index (κ3) is 5.09. The summed E-state index contributed by atoms with van der Waals surface area (Å²) in [5.74, 6) is 1.08. The van der Waals surface area contributed by atoms with Gasteiger partial charge in [0.25, 0.3) is 0 Å². The molecule has 1 aromatic heterocycles. The summed E-state index contributed by atoms with van der Waals surface area (Å²) in [5.41, 5.74) is 1.69. The summed E-state index contributed by atoms with van der Waals surface area (Å²) in [6, 6.07) is 11.2. The van der Waals surface area contributed by atoms with Crippen molar-refractivity contribution in [2.45, 2.75) is 51.2 Å². The number of fused-ring (bicyclic) bond motifs is 1. The molecule has 1 aromatic carbocycles. The first-order valence-corrected chi connectivity index (χ1v) is 10.6. The molecule has 2 heterocycles. The SMILES string of the molecule is O=C(CCC(=O)N1CCOc2ccccc21)NCc1ccnc(OC2CCCC2)c1. The van der Waals surface area contributed by atoms with E-state index < -0.39 is 0 Å². The predicted octanol–water partition coefficient (Wildman–Crippen LogP) is 3.23. The molecule has 1 fully saturated rings. The van der Waals surface area contributed by atoms with Gasteiger partial charge in [0.1, 0.15) is 18.5 Å². The Morgan fingerprint density at radius 1 is 1.17 bits per heavy atom. The van der Waals surface area contributed by atoms with Gasteiger partial charge < -0.3 is 19.7 Å². The maximum absolute atomic E-state index is 12.6. The Morgan fingerprint density at radius 3 is 2.87 bits per heavy atom. The summed E-state index contributed by atoms with van der Waals surface area (Å²) < 4.78 is 11.5. The van der Waals surface area contributed by atoms with E-state index in [9.17, 15) is 9.59 Å². The second-order valence-corrected chi connectivity index (χ2v) is 7.66. The maximum atomic E-state index is 12.6. The molecule has 2 aromatic rings. The number of amides is 2. The van der Waals surface area contributed by atoms with E-state index in [1.807, 2.05) is 36.4 Å². The average molecular weight is 409 g/mol. The van der Waals surface area contributed by atoms with Gasteiger partial charge in [-0.25, -0.2) is 4.98 Å². The first-order valence-electron chi connectivity index (χ1n) is 10.6. The van der Waals surface area contributed by atoms with Crippen molar-refractivity contribution in [2.75, 3.05) is 18.1 Å². The molecule has 0 radical (unpaired) electrons. The van der Waals surface area contributed by atoms with Gasteiger partial charge in [0.2, 0.25) is 17.7 Å². The summed E-state index contributed by atoms with van der Waals surface area (Å²) in [6.07, 6.45) is 6.81. The number of carbonyl (C=O) groups is 2. The van der Waals surface area contributed by atoms with Crippen LogP contribution in [-0.2, 0) is 16.1 Å². The molecule has 0 unspecified atom stereocenters. The molecule has 30 heavy (non-hydrogen) atoms. The zero-order chi connectivity index (χ0) is 20.8. The van der Waals surface area contributed by atoms with Crippen LogP contribution >= 0.6 is 0 Å². The van der Waals surface area contributed by atoms with Gasteiger partial charge >= 0.3 is 0 Å². The molecule has 1 N–H and O–H groups in total. The Balaban J connectivity index is 1.24. The summed E-state index contributed by atoms with van der Waals surface area (Å²) in [4.78, 5) is 30.8. The fourth-order valence-corrected chi connectivity index (χ4v) is 3.87. The van der Waals surface area contributed by atoms with E-state index in [2.05, 4.69) is 10.3 Å². The molecular weight excluding hydrogens is 382 g/mol. The lowest BCUT2D eigenvalue weighted by atomic mass is 10.2. The number of carbonyl (C=O) groups excluding carboxylic acids is 2. The number of ether oxygens (including phenoxy) is 2. The quantitative estimate of drug-likeness (QED) is 0.759. The molecule has 0 bridgehead atoms. The number of anilines is 1. The largest absolute Gasteiger partial charge is 0.490 e. The molecule has 4 rings (SSSR count). The van der Waals surface area contributed by atoms with Crippen molar-refractivity contribution in [1.29, 1.82) is 0 Å². The first kappa shape index (κ1) is 20.2. The second-order valence-electron chi connectivity index (χ2n) is 7.66. The van der Waals surface area contributed by atoms with E-state index >= 15 is 0 Å². The molecule has 1 saturated carbocycles. The van der Waals surface area contributed by atoms with E-state index in [1.54, 1.807) is 11.1 Å². The molecule has 7 heteroatoms. The highest BCUT2D eigenvalue weighted by molar-refractivity contribution is 5.97. The summed E-state index contributed by atoms with van der Waals surface area (Å²) >= 11 is 0. The molecule has 1 aliphatic heterocycles. The van der Waals surface area contributed by atoms with E-state index in [0.29, 0.717) is 31.3 Å². The van der Waals surface area contributed by atoms with Crippen LogP contribution in [0.4, 0.5) is 5.69 Å². The topological polar surface area (TPSA) is 80.8 Å². The van der Waals surface area contributed by atoms with Crippen molar-refractivity contribution in [3.63, 3.8) is 0 Å². The summed E-state index contributed by atoms with van der Waals surface area (Å²) in [6.45, 7) is 1.34. The van der Waals surface area contributed by atoms with Gasteiger partial charge in [-0.15, -0.1) is 0 Å². The van der Waals surface area contributed by atoms with Gasteiger partial charge in [0.15, 0.2) is 0 Å². The summed E-state index contributed by atoms with van der Waals surface area (Å²) in [7, 11) is 0. The molecule has 2 amide bonds. The fraction of sp³-hybridized carbons (Fsp3) is 0.435. The first-order chi connectivity index (χ1) is 14.7. The minimum absolute atomic E-state index is 0.0722. The molecule has 0 atom stereocenters. The van der Waals surface area contributed by atoms with Crippen LogP contribution in [0.1, 0.15) is 44.1 Å². The van der Waals surface area contributed by atoms with E-state index in [0.717, 1.165) is 24.1 Å². The van der Waals surface area contributed by atoms with Crippen LogP contribution in [-0.4, -0.2) is 36.1 Å². The van der Waals surface area contributed by atoms with E-state index in [1.165, 1.54) is 12.8 Å².